The average molecular weight is 265 g/mol. The van der Waals surface area contributed by atoms with Crippen LogP contribution in [0.25, 0.3) is 10.8 Å². The van der Waals surface area contributed by atoms with Crippen LogP contribution < -0.4 is 0 Å². The van der Waals surface area contributed by atoms with E-state index in [-0.39, 0.29) is 18.8 Å². The molecule has 3 nitrogen and oxygen atoms in total. The SMILES string of the molecule is O=C(CCOCC(F)F)c1cccc2ccncc12. The number of nitrogens with zero attached hydrogens (tertiary/aromatic N) is 1. The molecule has 5 heteroatoms. The molecule has 1 aromatic carbocycles. The fourth-order valence-electron chi connectivity index (χ4n) is 1.83. The number of fused-ring (bicyclic) bond motifs is 1. The number of ketones is 1. The Kier molecular flexibility index (Phi) is 4.52. The quantitative estimate of drug-likeness (QED) is 0.595. The molecule has 1 heterocycles. The lowest BCUT2D eigenvalue weighted by molar-refractivity contribution is 0.0170. The summed E-state index contributed by atoms with van der Waals surface area (Å²) in [5, 5.41) is 1.69. The van der Waals surface area contributed by atoms with Crippen molar-refractivity contribution in [2.24, 2.45) is 0 Å². The van der Waals surface area contributed by atoms with Gasteiger partial charge in [-0.1, -0.05) is 18.2 Å². The summed E-state index contributed by atoms with van der Waals surface area (Å²) in [6.07, 6.45) is 0.864. The van der Waals surface area contributed by atoms with E-state index >= 15 is 0 Å². The van der Waals surface area contributed by atoms with Crippen LogP contribution in [0.5, 0.6) is 0 Å². The standard InChI is InChI=1S/C14H13F2NO2/c15-14(16)9-19-7-5-13(18)11-3-1-2-10-4-6-17-8-12(10)11/h1-4,6,8,14H,5,7,9H2. The Morgan fingerprint density at radius 2 is 2.16 bits per heavy atom. The van der Waals surface area contributed by atoms with Crippen molar-refractivity contribution in [3.8, 4) is 0 Å². The summed E-state index contributed by atoms with van der Waals surface area (Å²) in [6.45, 7) is -0.635. The highest BCUT2D eigenvalue weighted by Gasteiger charge is 2.10. The zero-order chi connectivity index (χ0) is 13.7. The maximum atomic E-state index is 12.0. The second kappa shape index (κ2) is 6.33. The normalized spacial score (nSPS) is 11.1. The Balaban J connectivity index is 2.05. The maximum Gasteiger partial charge on any atom is 0.261 e. The van der Waals surface area contributed by atoms with Crippen molar-refractivity contribution in [2.45, 2.75) is 12.8 Å². The third-order valence-corrected chi connectivity index (χ3v) is 2.70. The number of Topliss-reactive ketones (excluding diaryl/α,β-unsaturated/α-hetero) is 1. The van der Waals surface area contributed by atoms with Crippen molar-refractivity contribution in [3.63, 3.8) is 0 Å². The highest BCUT2D eigenvalue weighted by Crippen LogP contribution is 2.18. The van der Waals surface area contributed by atoms with Crippen LogP contribution in [0.15, 0.2) is 36.7 Å². The lowest BCUT2D eigenvalue weighted by Gasteiger charge is -2.06. The van der Waals surface area contributed by atoms with E-state index in [2.05, 4.69) is 4.98 Å². The molecule has 0 unspecified atom stereocenters. The molecule has 0 aliphatic heterocycles. The van der Waals surface area contributed by atoms with Crippen LogP contribution >= 0.6 is 0 Å². The number of halogens is 2. The highest BCUT2D eigenvalue weighted by molar-refractivity contribution is 6.07. The molecule has 0 fully saturated rings. The molecule has 0 aliphatic rings. The predicted octanol–water partition coefficient (Wildman–Crippen LogP) is 3.09. The Bertz CT molecular complexity index is 567. The van der Waals surface area contributed by atoms with Gasteiger partial charge in [-0.3, -0.25) is 9.78 Å². The fraction of sp³-hybridized carbons (Fsp3) is 0.286. The first kappa shape index (κ1) is 13.5. The molecule has 0 aliphatic carbocycles. The molecular weight excluding hydrogens is 252 g/mol. The summed E-state index contributed by atoms with van der Waals surface area (Å²) in [5.41, 5.74) is 0.547. The van der Waals surface area contributed by atoms with Crippen LogP contribution in [0.4, 0.5) is 8.78 Å². The van der Waals surface area contributed by atoms with E-state index in [1.807, 2.05) is 12.1 Å². The van der Waals surface area contributed by atoms with Gasteiger partial charge in [0.2, 0.25) is 0 Å². The van der Waals surface area contributed by atoms with Crippen LogP contribution in [0.3, 0.4) is 0 Å². The molecule has 0 bridgehead atoms. The molecule has 1 aromatic heterocycles. The van der Waals surface area contributed by atoms with Crippen molar-refractivity contribution in [1.82, 2.24) is 4.98 Å². The van der Waals surface area contributed by atoms with Gasteiger partial charge in [0.15, 0.2) is 5.78 Å². The summed E-state index contributed by atoms with van der Waals surface area (Å²) in [4.78, 5) is 16.0. The third-order valence-electron chi connectivity index (χ3n) is 2.70. The largest absolute Gasteiger partial charge is 0.375 e. The first-order chi connectivity index (χ1) is 9.18. The second-order valence-electron chi connectivity index (χ2n) is 4.04. The van der Waals surface area contributed by atoms with Crippen LogP contribution in [-0.4, -0.2) is 30.4 Å². The van der Waals surface area contributed by atoms with Crippen LogP contribution in [0.1, 0.15) is 16.8 Å². The smallest absolute Gasteiger partial charge is 0.261 e. The molecule has 0 atom stereocenters. The molecule has 0 spiro atoms. The van der Waals surface area contributed by atoms with Gasteiger partial charge in [-0.05, 0) is 11.5 Å². The first-order valence-corrected chi connectivity index (χ1v) is 5.90. The third kappa shape index (κ3) is 3.54. The van der Waals surface area contributed by atoms with Gasteiger partial charge in [0.25, 0.3) is 6.43 Å². The average Bonchev–Trinajstić information content (AvgIpc) is 2.42. The summed E-state index contributed by atoms with van der Waals surface area (Å²) in [5.74, 6) is -0.132. The van der Waals surface area contributed by atoms with Crippen LogP contribution in [0.2, 0.25) is 0 Å². The second-order valence-corrected chi connectivity index (χ2v) is 4.04. The van der Waals surface area contributed by atoms with Crippen molar-refractivity contribution in [3.05, 3.63) is 42.2 Å². The van der Waals surface area contributed by atoms with Crippen LogP contribution in [-0.2, 0) is 4.74 Å². The lowest BCUT2D eigenvalue weighted by Crippen LogP contribution is -2.09. The number of rotatable bonds is 6. The molecular formula is C14H13F2NO2. The number of hydrogen-bond donors (Lipinski definition) is 0. The molecule has 2 rings (SSSR count). The molecule has 0 amide bonds. The molecule has 0 saturated heterocycles. The van der Waals surface area contributed by atoms with Gasteiger partial charge in [-0.15, -0.1) is 0 Å². The summed E-state index contributed by atoms with van der Waals surface area (Å²) in [6, 6.07) is 7.20. The Morgan fingerprint density at radius 3 is 2.95 bits per heavy atom. The Labute approximate surface area is 109 Å². The van der Waals surface area contributed by atoms with Gasteiger partial charge in [-0.2, -0.15) is 0 Å². The number of carbonyl (C=O) groups excluding carboxylic acids is 1. The molecule has 0 saturated carbocycles. The molecule has 2 aromatic rings. The van der Waals surface area contributed by atoms with E-state index in [9.17, 15) is 13.6 Å². The number of aromatic nitrogens is 1. The van der Waals surface area contributed by atoms with Gasteiger partial charge >= 0.3 is 0 Å². The lowest BCUT2D eigenvalue weighted by atomic mass is 10.0. The van der Waals surface area contributed by atoms with Gasteiger partial charge in [-0.25, -0.2) is 8.78 Å². The van der Waals surface area contributed by atoms with E-state index in [0.717, 1.165) is 10.8 Å². The maximum absolute atomic E-state index is 12.0. The minimum absolute atomic E-state index is 0.000176. The van der Waals surface area contributed by atoms with Crippen molar-refractivity contribution in [1.29, 1.82) is 0 Å². The van der Waals surface area contributed by atoms with Gasteiger partial charge in [0.1, 0.15) is 6.61 Å². The zero-order valence-electron chi connectivity index (χ0n) is 10.2. The predicted molar refractivity (Wildman–Crippen MR) is 67.5 cm³/mol. The zero-order valence-corrected chi connectivity index (χ0v) is 10.2. The first-order valence-electron chi connectivity index (χ1n) is 5.90. The molecule has 0 radical (unpaired) electrons. The molecule has 100 valence electrons. The van der Waals surface area contributed by atoms with Gasteiger partial charge in [0.05, 0.1) is 6.61 Å². The number of benzene rings is 1. The number of hydrogen-bond acceptors (Lipinski definition) is 3. The number of pyridine rings is 1. The van der Waals surface area contributed by atoms with E-state index in [4.69, 9.17) is 4.74 Å². The Morgan fingerprint density at radius 1 is 1.32 bits per heavy atom. The fourth-order valence-corrected chi connectivity index (χ4v) is 1.83. The molecule has 0 N–H and O–H groups in total. The van der Waals surface area contributed by atoms with E-state index < -0.39 is 13.0 Å². The van der Waals surface area contributed by atoms with E-state index in [1.54, 1.807) is 24.5 Å². The summed E-state index contributed by atoms with van der Waals surface area (Å²) in [7, 11) is 0. The summed E-state index contributed by atoms with van der Waals surface area (Å²) >= 11 is 0. The van der Waals surface area contributed by atoms with E-state index in [1.165, 1.54) is 0 Å². The monoisotopic (exact) mass is 265 g/mol. The van der Waals surface area contributed by atoms with Crippen molar-refractivity contribution in [2.75, 3.05) is 13.2 Å². The number of ether oxygens (including phenoxy) is 1. The topological polar surface area (TPSA) is 39.2 Å². The van der Waals surface area contributed by atoms with Crippen LogP contribution in [0, 0.1) is 0 Å². The van der Waals surface area contributed by atoms with Gasteiger partial charge < -0.3 is 4.74 Å². The van der Waals surface area contributed by atoms with Crippen molar-refractivity contribution < 1.29 is 18.3 Å². The number of alkyl halides is 2. The van der Waals surface area contributed by atoms with Gasteiger partial charge in [0, 0.05) is 29.8 Å². The minimum atomic E-state index is -2.50. The molecule has 19 heavy (non-hydrogen) atoms. The van der Waals surface area contributed by atoms with Crippen molar-refractivity contribution >= 4 is 16.6 Å². The number of carbonyl (C=O) groups is 1. The highest BCUT2D eigenvalue weighted by atomic mass is 19.3. The van der Waals surface area contributed by atoms with E-state index in [0.29, 0.717) is 5.56 Å². The Hall–Kier alpha value is -1.88. The summed E-state index contributed by atoms with van der Waals surface area (Å²) < 4.78 is 28.5. The minimum Gasteiger partial charge on any atom is -0.375 e.